The van der Waals surface area contributed by atoms with Gasteiger partial charge in [-0.1, -0.05) is 20.8 Å². The van der Waals surface area contributed by atoms with Gasteiger partial charge in [-0.15, -0.1) is 0 Å². The van der Waals surface area contributed by atoms with Crippen LogP contribution in [-0.4, -0.2) is 37.1 Å². The van der Waals surface area contributed by atoms with E-state index in [1.165, 1.54) is 0 Å². The SMILES string of the molecule is CCC(C)C(=O)N1CCOC[C@H](CC)C1. The summed E-state index contributed by atoms with van der Waals surface area (Å²) >= 11 is 0. The van der Waals surface area contributed by atoms with E-state index in [2.05, 4.69) is 13.8 Å². The lowest BCUT2D eigenvalue weighted by Gasteiger charge is -2.25. The molecule has 0 aromatic carbocycles. The minimum atomic E-state index is 0.153. The minimum absolute atomic E-state index is 0.153. The summed E-state index contributed by atoms with van der Waals surface area (Å²) < 4.78 is 5.50. The van der Waals surface area contributed by atoms with Gasteiger partial charge < -0.3 is 9.64 Å². The van der Waals surface area contributed by atoms with Gasteiger partial charge in [0.2, 0.25) is 5.91 Å². The zero-order valence-electron chi connectivity index (χ0n) is 10.2. The van der Waals surface area contributed by atoms with E-state index in [1.54, 1.807) is 0 Å². The highest BCUT2D eigenvalue weighted by atomic mass is 16.5. The number of nitrogens with zero attached hydrogens (tertiary/aromatic N) is 1. The lowest BCUT2D eigenvalue weighted by atomic mass is 10.0. The number of carbonyl (C=O) groups is 1. The van der Waals surface area contributed by atoms with Gasteiger partial charge >= 0.3 is 0 Å². The molecule has 0 saturated carbocycles. The van der Waals surface area contributed by atoms with Gasteiger partial charge in [0.1, 0.15) is 0 Å². The smallest absolute Gasteiger partial charge is 0.225 e. The van der Waals surface area contributed by atoms with Gasteiger partial charge in [-0.3, -0.25) is 4.79 Å². The Morgan fingerprint density at radius 1 is 1.53 bits per heavy atom. The van der Waals surface area contributed by atoms with E-state index < -0.39 is 0 Å². The maximum Gasteiger partial charge on any atom is 0.225 e. The quantitative estimate of drug-likeness (QED) is 0.717. The first-order valence-electron chi connectivity index (χ1n) is 6.05. The van der Waals surface area contributed by atoms with Crippen molar-refractivity contribution >= 4 is 5.91 Å². The number of carbonyl (C=O) groups excluding carboxylic acids is 1. The highest BCUT2D eigenvalue weighted by Crippen LogP contribution is 2.14. The monoisotopic (exact) mass is 213 g/mol. The van der Waals surface area contributed by atoms with Crippen molar-refractivity contribution in [2.75, 3.05) is 26.3 Å². The van der Waals surface area contributed by atoms with Crippen LogP contribution in [0.5, 0.6) is 0 Å². The van der Waals surface area contributed by atoms with Crippen LogP contribution in [0, 0.1) is 11.8 Å². The third-order valence-corrected chi connectivity index (χ3v) is 3.26. The zero-order valence-corrected chi connectivity index (χ0v) is 10.2. The number of ether oxygens (including phenoxy) is 1. The van der Waals surface area contributed by atoms with Gasteiger partial charge in [0.25, 0.3) is 0 Å². The summed E-state index contributed by atoms with van der Waals surface area (Å²) in [5, 5.41) is 0. The van der Waals surface area contributed by atoms with Crippen LogP contribution in [0.3, 0.4) is 0 Å². The van der Waals surface area contributed by atoms with Crippen LogP contribution in [0.25, 0.3) is 0 Å². The maximum absolute atomic E-state index is 12.0. The van der Waals surface area contributed by atoms with E-state index in [-0.39, 0.29) is 5.92 Å². The molecular formula is C12H23NO2. The van der Waals surface area contributed by atoms with Crippen LogP contribution < -0.4 is 0 Å². The Balaban J connectivity index is 2.55. The van der Waals surface area contributed by atoms with Gasteiger partial charge in [-0.25, -0.2) is 0 Å². The van der Waals surface area contributed by atoms with Crippen molar-refractivity contribution in [2.45, 2.75) is 33.6 Å². The van der Waals surface area contributed by atoms with Crippen molar-refractivity contribution in [1.29, 1.82) is 0 Å². The Bertz CT molecular complexity index is 206. The lowest BCUT2D eigenvalue weighted by Crippen LogP contribution is -2.38. The van der Waals surface area contributed by atoms with Crippen LogP contribution in [0.2, 0.25) is 0 Å². The molecule has 1 heterocycles. The van der Waals surface area contributed by atoms with Gasteiger partial charge in [0.15, 0.2) is 0 Å². The molecule has 0 spiro atoms. The van der Waals surface area contributed by atoms with Gasteiger partial charge in [-0.2, -0.15) is 0 Å². The maximum atomic E-state index is 12.0. The van der Waals surface area contributed by atoms with Gasteiger partial charge in [-0.05, 0) is 18.8 Å². The third kappa shape index (κ3) is 3.49. The van der Waals surface area contributed by atoms with E-state index in [9.17, 15) is 4.79 Å². The van der Waals surface area contributed by atoms with Crippen molar-refractivity contribution in [3.63, 3.8) is 0 Å². The van der Waals surface area contributed by atoms with Crippen molar-refractivity contribution < 1.29 is 9.53 Å². The molecule has 2 atom stereocenters. The topological polar surface area (TPSA) is 29.5 Å². The summed E-state index contributed by atoms with van der Waals surface area (Å²) in [5.41, 5.74) is 0. The highest BCUT2D eigenvalue weighted by Gasteiger charge is 2.23. The molecule has 0 aromatic rings. The molecule has 88 valence electrons. The minimum Gasteiger partial charge on any atom is -0.379 e. The van der Waals surface area contributed by atoms with Crippen LogP contribution in [0.1, 0.15) is 33.6 Å². The first-order valence-corrected chi connectivity index (χ1v) is 6.05. The first-order chi connectivity index (χ1) is 7.19. The molecule has 3 heteroatoms. The fraction of sp³-hybridized carbons (Fsp3) is 0.917. The molecule has 0 N–H and O–H groups in total. The summed E-state index contributed by atoms with van der Waals surface area (Å²) in [5.74, 6) is 0.961. The number of amides is 1. The molecule has 0 aromatic heterocycles. The number of hydrogen-bond donors (Lipinski definition) is 0. The van der Waals surface area contributed by atoms with Crippen LogP contribution in [0.15, 0.2) is 0 Å². The highest BCUT2D eigenvalue weighted by molar-refractivity contribution is 5.78. The Hall–Kier alpha value is -0.570. The Morgan fingerprint density at radius 3 is 2.87 bits per heavy atom. The van der Waals surface area contributed by atoms with Crippen molar-refractivity contribution in [2.24, 2.45) is 11.8 Å². The number of rotatable bonds is 3. The molecule has 1 amide bonds. The van der Waals surface area contributed by atoms with Gasteiger partial charge in [0, 0.05) is 19.0 Å². The molecule has 15 heavy (non-hydrogen) atoms. The molecule has 1 fully saturated rings. The molecule has 0 bridgehead atoms. The molecule has 1 saturated heterocycles. The first kappa shape index (κ1) is 12.5. The Labute approximate surface area is 92.8 Å². The fourth-order valence-corrected chi connectivity index (χ4v) is 1.81. The molecule has 3 nitrogen and oxygen atoms in total. The van der Waals surface area contributed by atoms with E-state index in [1.807, 2.05) is 11.8 Å². The molecule has 1 unspecified atom stereocenters. The van der Waals surface area contributed by atoms with Gasteiger partial charge in [0.05, 0.1) is 13.2 Å². The molecule has 1 aliphatic heterocycles. The number of hydrogen-bond acceptors (Lipinski definition) is 2. The van der Waals surface area contributed by atoms with Crippen molar-refractivity contribution in [3.8, 4) is 0 Å². The predicted molar refractivity (Wildman–Crippen MR) is 60.6 cm³/mol. The van der Waals surface area contributed by atoms with E-state index in [4.69, 9.17) is 4.74 Å². The third-order valence-electron chi connectivity index (χ3n) is 3.26. The van der Waals surface area contributed by atoms with Crippen LogP contribution >= 0.6 is 0 Å². The zero-order chi connectivity index (χ0) is 11.3. The lowest BCUT2D eigenvalue weighted by molar-refractivity contribution is -0.135. The molecule has 1 aliphatic rings. The average molecular weight is 213 g/mol. The second-order valence-corrected chi connectivity index (χ2v) is 4.44. The largest absolute Gasteiger partial charge is 0.379 e. The summed E-state index contributed by atoms with van der Waals surface area (Å²) in [4.78, 5) is 14.0. The molecule has 1 rings (SSSR count). The normalized spacial score (nSPS) is 24.7. The Kier molecular flexibility index (Phi) is 5.09. The second-order valence-electron chi connectivity index (χ2n) is 4.44. The summed E-state index contributed by atoms with van der Waals surface area (Å²) in [7, 11) is 0. The summed E-state index contributed by atoms with van der Waals surface area (Å²) in [6.07, 6.45) is 2.01. The van der Waals surface area contributed by atoms with E-state index >= 15 is 0 Å². The second kappa shape index (κ2) is 6.11. The summed E-state index contributed by atoms with van der Waals surface area (Å²) in [6.45, 7) is 9.37. The fourth-order valence-electron chi connectivity index (χ4n) is 1.81. The van der Waals surface area contributed by atoms with Crippen LogP contribution in [-0.2, 0) is 9.53 Å². The molecular weight excluding hydrogens is 190 g/mol. The van der Waals surface area contributed by atoms with Crippen molar-refractivity contribution in [3.05, 3.63) is 0 Å². The van der Waals surface area contributed by atoms with Crippen LogP contribution in [0.4, 0.5) is 0 Å². The Morgan fingerprint density at radius 2 is 2.27 bits per heavy atom. The molecule has 0 aliphatic carbocycles. The molecule has 0 radical (unpaired) electrons. The predicted octanol–water partition coefficient (Wildman–Crippen LogP) is 1.92. The average Bonchev–Trinajstić information content (AvgIpc) is 2.52. The van der Waals surface area contributed by atoms with Crippen molar-refractivity contribution in [1.82, 2.24) is 4.90 Å². The standard InChI is InChI=1S/C12H23NO2/c1-4-10(3)12(14)13-6-7-15-9-11(5-2)8-13/h10-11H,4-9H2,1-3H3/t10?,11-/m1/s1. The van der Waals surface area contributed by atoms with E-state index in [0.29, 0.717) is 18.4 Å². The van der Waals surface area contributed by atoms with E-state index in [0.717, 1.165) is 32.5 Å². The summed E-state index contributed by atoms with van der Waals surface area (Å²) in [6, 6.07) is 0.